The Balaban J connectivity index is 1.22. The molecule has 3 fully saturated rings. The van der Waals surface area contributed by atoms with Crippen molar-refractivity contribution >= 4 is 35.5 Å². The standard InChI is InChI=1S/C33H38N6O3/c1-33-29(31(41)38(26-10-4-2-5-11-26)32(42)39(33)27-12-6-3-7-13-27)36-30(37-33)25-17-14-23(15-18-25)16-19-28(40)35-22-24-9-8-20-34-21-24/h8-9,14-21,26-27H,2-7,10-13,22H2,1H3,(H,35,40)/b19-16+. The molecule has 1 aromatic heterocycles. The number of fused-ring (bicyclic) bond motifs is 1. The Morgan fingerprint density at radius 3 is 2.33 bits per heavy atom. The van der Waals surface area contributed by atoms with Gasteiger partial charge in [-0.3, -0.25) is 24.4 Å². The second-order valence-electron chi connectivity index (χ2n) is 11.9. The van der Waals surface area contributed by atoms with Crippen molar-refractivity contribution in [2.75, 3.05) is 0 Å². The van der Waals surface area contributed by atoms with Crippen LogP contribution in [0.25, 0.3) is 6.08 Å². The van der Waals surface area contributed by atoms with Crippen LogP contribution in [0.4, 0.5) is 4.79 Å². The normalized spacial score (nSPS) is 23.6. The van der Waals surface area contributed by atoms with E-state index in [9.17, 15) is 14.4 Å². The van der Waals surface area contributed by atoms with Crippen LogP contribution in [0.3, 0.4) is 0 Å². The summed E-state index contributed by atoms with van der Waals surface area (Å²) in [6.45, 7) is 2.29. The Morgan fingerprint density at radius 2 is 1.67 bits per heavy atom. The zero-order valence-corrected chi connectivity index (χ0v) is 24.2. The third-order valence-electron chi connectivity index (χ3n) is 8.96. The number of pyridine rings is 1. The lowest BCUT2D eigenvalue weighted by atomic mass is 9.88. The minimum absolute atomic E-state index is 0.0422. The highest BCUT2D eigenvalue weighted by molar-refractivity contribution is 6.49. The SMILES string of the molecule is CC12N=C(c3ccc(/C=C/C(=O)NCc4cccnc4)cc3)N=C1C(=O)N(C1CCCCC1)C(=O)N2C1CCCCC1. The molecule has 218 valence electrons. The van der Waals surface area contributed by atoms with Gasteiger partial charge in [-0.25, -0.2) is 14.8 Å². The van der Waals surface area contributed by atoms with E-state index in [2.05, 4.69) is 10.3 Å². The van der Waals surface area contributed by atoms with E-state index in [0.717, 1.165) is 74.5 Å². The van der Waals surface area contributed by atoms with Crippen molar-refractivity contribution < 1.29 is 14.4 Å². The number of imide groups is 1. The quantitative estimate of drug-likeness (QED) is 0.462. The van der Waals surface area contributed by atoms with Crippen molar-refractivity contribution in [1.29, 1.82) is 0 Å². The minimum atomic E-state index is -1.11. The predicted octanol–water partition coefficient (Wildman–Crippen LogP) is 5.26. The number of nitrogens with zero attached hydrogens (tertiary/aromatic N) is 5. The van der Waals surface area contributed by atoms with Crippen LogP contribution in [0, 0.1) is 0 Å². The summed E-state index contributed by atoms with van der Waals surface area (Å²) in [5.41, 5.74) is 1.79. The number of urea groups is 1. The average molecular weight is 567 g/mol. The first-order valence-corrected chi connectivity index (χ1v) is 15.3. The number of amidine groups is 1. The van der Waals surface area contributed by atoms with E-state index in [4.69, 9.17) is 9.98 Å². The molecule has 1 unspecified atom stereocenters. The van der Waals surface area contributed by atoms with Crippen LogP contribution in [-0.4, -0.2) is 61.9 Å². The molecule has 1 atom stereocenters. The summed E-state index contributed by atoms with van der Waals surface area (Å²) >= 11 is 0. The lowest BCUT2D eigenvalue weighted by Crippen LogP contribution is -2.71. The molecular weight excluding hydrogens is 528 g/mol. The summed E-state index contributed by atoms with van der Waals surface area (Å²) in [7, 11) is 0. The van der Waals surface area contributed by atoms with E-state index in [1.54, 1.807) is 18.5 Å². The molecule has 1 saturated heterocycles. The van der Waals surface area contributed by atoms with Crippen molar-refractivity contribution in [3.63, 3.8) is 0 Å². The van der Waals surface area contributed by atoms with E-state index < -0.39 is 5.66 Å². The number of aromatic nitrogens is 1. The predicted molar refractivity (Wildman–Crippen MR) is 162 cm³/mol. The Labute approximate surface area is 246 Å². The van der Waals surface area contributed by atoms with E-state index in [0.29, 0.717) is 18.1 Å². The van der Waals surface area contributed by atoms with Crippen LogP contribution in [-0.2, 0) is 16.1 Å². The molecule has 1 aromatic carbocycles. The summed E-state index contributed by atoms with van der Waals surface area (Å²) in [6, 6.07) is 11.1. The van der Waals surface area contributed by atoms with Gasteiger partial charge in [0.25, 0.3) is 5.91 Å². The molecule has 9 heteroatoms. The van der Waals surface area contributed by atoms with Gasteiger partial charge < -0.3 is 5.32 Å². The molecule has 4 amide bonds. The zero-order chi connectivity index (χ0) is 29.1. The fourth-order valence-electron chi connectivity index (χ4n) is 6.72. The van der Waals surface area contributed by atoms with Crippen molar-refractivity contribution in [1.82, 2.24) is 20.1 Å². The van der Waals surface area contributed by atoms with E-state index in [-0.39, 0.29) is 29.9 Å². The molecule has 9 nitrogen and oxygen atoms in total. The molecule has 42 heavy (non-hydrogen) atoms. The molecule has 0 spiro atoms. The van der Waals surface area contributed by atoms with Crippen molar-refractivity contribution in [3.05, 3.63) is 71.6 Å². The van der Waals surface area contributed by atoms with Gasteiger partial charge in [-0.15, -0.1) is 0 Å². The third kappa shape index (κ3) is 5.52. The maximum absolute atomic E-state index is 14.1. The highest BCUT2D eigenvalue weighted by Gasteiger charge is 2.57. The number of amides is 4. The number of hydrogen-bond donors (Lipinski definition) is 1. The molecule has 2 aliphatic heterocycles. The first kappa shape index (κ1) is 28.0. The third-order valence-corrected chi connectivity index (χ3v) is 8.96. The summed E-state index contributed by atoms with van der Waals surface area (Å²) < 4.78 is 0. The zero-order valence-electron chi connectivity index (χ0n) is 24.2. The monoisotopic (exact) mass is 566 g/mol. The smallest absolute Gasteiger partial charge is 0.329 e. The average Bonchev–Trinajstić information content (AvgIpc) is 3.39. The van der Waals surface area contributed by atoms with Crippen LogP contribution >= 0.6 is 0 Å². The first-order chi connectivity index (χ1) is 20.4. The largest absolute Gasteiger partial charge is 0.348 e. The van der Waals surface area contributed by atoms with Gasteiger partial charge in [0.05, 0.1) is 0 Å². The number of rotatable bonds is 7. The van der Waals surface area contributed by atoms with E-state index in [1.165, 1.54) is 17.4 Å². The summed E-state index contributed by atoms with van der Waals surface area (Å²) in [5, 5.41) is 2.85. The number of aliphatic imine (C=N–C) groups is 2. The number of benzene rings is 1. The highest BCUT2D eigenvalue weighted by atomic mass is 16.2. The van der Waals surface area contributed by atoms with Crippen molar-refractivity contribution in [3.8, 4) is 0 Å². The molecular formula is C33H38N6O3. The van der Waals surface area contributed by atoms with Crippen LogP contribution in [0.5, 0.6) is 0 Å². The molecule has 1 N–H and O–H groups in total. The minimum Gasteiger partial charge on any atom is -0.348 e. The van der Waals surface area contributed by atoms with Gasteiger partial charge in [0.2, 0.25) is 5.91 Å². The molecule has 6 rings (SSSR count). The first-order valence-electron chi connectivity index (χ1n) is 15.3. The summed E-state index contributed by atoms with van der Waals surface area (Å²) in [6.07, 6.45) is 16.7. The van der Waals surface area contributed by atoms with Gasteiger partial charge in [-0.2, -0.15) is 0 Å². The molecule has 2 saturated carbocycles. The molecule has 0 bridgehead atoms. The Hall–Kier alpha value is -4.14. The molecule has 2 aliphatic carbocycles. The fourth-order valence-corrected chi connectivity index (χ4v) is 6.72. The molecule has 0 radical (unpaired) electrons. The van der Waals surface area contributed by atoms with Gasteiger partial charge in [0.15, 0.2) is 17.2 Å². The summed E-state index contributed by atoms with van der Waals surface area (Å²) in [5.74, 6) is -0.0262. The number of nitrogens with one attached hydrogen (secondary N) is 1. The lowest BCUT2D eigenvalue weighted by Gasteiger charge is -2.50. The van der Waals surface area contributed by atoms with Crippen LogP contribution in [0.2, 0.25) is 0 Å². The van der Waals surface area contributed by atoms with Gasteiger partial charge in [0.1, 0.15) is 0 Å². The lowest BCUT2D eigenvalue weighted by molar-refractivity contribution is -0.127. The molecule has 3 heterocycles. The topological polar surface area (TPSA) is 107 Å². The Kier molecular flexibility index (Phi) is 8.00. The maximum atomic E-state index is 14.1. The van der Waals surface area contributed by atoms with Crippen molar-refractivity contribution in [2.45, 2.75) is 95.4 Å². The Bertz CT molecular complexity index is 1420. The van der Waals surface area contributed by atoms with Gasteiger partial charge in [-0.1, -0.05) is 68.9 Å². The highest BCUT2D eigenvalue weighted by Crippen LogP contribution is 2.40. The maximum Gasteiger partial charge on any atom is 0.329 e. The number of carbonyl (C=O) groups is 3. The van der Waals surface area contributed by atoms with Crippen LogP contribution in [0.15, 0.2) is 64.9 Å². The van der Waals surface area contributed by atoms with Crippen LogP contribution in [0.1, 0.15) is 87.8 Å². The van der Waals surface area contributed by atoms with E-state index >= 15 is 0 Å². The van der Waals surface area contributed by atoms with Crippen LogP contribution < -0.4 is 5.32 Å². The van der Waals surface area contributed by atoms with Gasteiger partial charge in [0, 0.05) is 42.7 Å². The van der Waals surface area contributed by atoms with E-state index in [1.807, 2.05) is 48.2 Å². The second-order valence-corrected chi connectivity index (χ2v) is 11.9. The van der Waals surface area contributed by atoms with Crippen molar-refractivity contribution in [2.24, 2.45) is 9.98 Å². The van der Waals surface area contributed by atoms with Gasteiger partial charge >= 0.3 is 6.03 Å². The number of carbonyl (C=O) groups excluding carboxylic acids is 3. The Morgan fingerprint density at radius 1 is 0.976 bits per heavy atom. The van der Waals surface area contributed by atoms with Gasteiger partial charge in [-0.05, 0) is 55.9 Å². The summed E-state index contributed by atoms with van der Waals surface area (Å²) in [4.78, 5) is 57.5. The molecule has 4 aliphatic rings. The second kappa shape index (κ2) is 12.0. The fraction of sp³-hybridized carbons (Fsp3) is 0.455. The molecule has 2 aromatic rings. The number of hydrogen-bond acceptors (Lipinski definition) is 6.